The van der Waals surface area contributed by atoms with Crippen molar-refractivity contribution in [3.63, 3.8) is 0 Å². The standard InChI is InChI=1S/C12H23NO3.C12H21NO3/c2*1-5-9-6-7-10(14)8-13(9)11(15)16-12(2,3)4/h9-10,14H,5-8H2,1-4H3;9H,5-8H2,1-4H3. The molecule has 1 N–H and O–H groups in total. The molecule has 0 bridgehead atoms. The van der Waals surface area contributed by atoms with E-state index in [1.165, 1.54) is 0 Å². The number of nitrogens with zero attached hydrogens (tertiary/aromatic N) is 2. The first-order valence-electron chi connectivity index (χ1n) is 11.9. The molecule has 2 fully saturated rings. The van der Waals surface area contributed by atoms with Crippen molar-refractivity contribution in [3.05, 3.63) is 0 Å². The molecule has 0 aliphatic carbocycles. The lowest BCUT2D eigenvalue weighted by molar-refractivity contribution is -0.123. The number of carbonyl (C=O) groups excluding carboxylic acids is 3. The van der Waals surface area contributed by atoms with Crippen LogP contribution in [0.15, 0.2) is 0 Å². The summed E-state index contributed by atoms with van der Waals surface area (Å²) in [5, 5.41) is 9.59. The van der Waals surface area contributed by atoms with Gasteiger partial charge in [0.1, 0.15) is 11.2 Å². The van der Waals surface area contributed by atoms with Crippen molar-refractivity contribution in [1.29, 1.82) is 0 Å². The van der Waals surface area contributed by atoms with Gasteiger partial charge in [-0.1, -0.05) is 13.8 Å². The first kappa shape index (κ1) is 28.2. The molecule has 0 aromatic heterocycles. The lowest BCUT2D eigenvalue weighted by Gasteiger charge is -2.38. The predicted molar refractivity (Wildman–Crippen MR) is 124 cm³/mol. The van der Waals surface area contributed by atoms with Gasteiger partial charge in [0.2, 0.25) is 0 Å². The molecule has 3 unspecified atom stereocenters. The lowest BCUT2D eigenvalue weighted by atomic mass is 9.99. The van der Waals surface area contributed by atoms with Gasteiger partial charge in [0.25, 0.3) is 0 Å². The summed E-state index contributed by atoms with van der Waals surface area (Å²) >= 11 is 0. The van der Waals surface area contributed by atoms with Crippen LogP contribution in [0.2, 0.25) is 0 Å². The van der Waals surface area contributed by atoms with Crippen LogP contribution in [0.25, 0.3) is 0 Å². The summed E-state index contributed by atoms with van der Waals surface area (Å²) in [6.45, 7) is 15.7. The molecule has 0 radical (unpaired) electrons. The molecule has 3 atom stereocenters. The quantitative estimate of drug-likeness (QED) is 0.656. The molecule has 8 nitrogen and oxygen atoms in total. The Hall–Kier alpha value is -1.83. The summed E-state index contributed by atoms with van der Waals surface area (Å²) in [5.74, 6) is 0.121. The number of likely N-dealkylation sites (tertiary alicyclic amines) is 2. The Bertz CT molecular complexity index is 637. The minimum absolute atomic E-state index is 0.121. The van der Waals surface area contributed by atoms with Crippen LogP contribution in [0, 0.1) is 0 Å². The van der Waals surface area contributed by atoms with E-state index in [0.717, 1.165) is 32.1 Å². The zero-order valence-electron chi connectivity index (χ0n) is 21.3. The van der Waals surface area contributed by atoms with Crippen LogP contribution in [0.4, 0.5) is 9.59 Å². The van der Waals surface area contributed by atoms with E-state index in [9.17, 15) is 19.5 Å². The fraction of sp³-hybridized carbons (Fsp3) is 0.875. The highest BCUT2D eigenvalue weighted by Crippen LogP contribution is 2.23. The number of Topliss-reactive ketones (excluding diaryl/α,β-unsaturated/α-hetero) is 1. The van der Waals surface area contributed by atoms with Crippen LogP contribution in [-0.4, -0.2) is 75.4 Å². The minimum atomic E-state index is -0.504. The number of aliphatic hydroxyl groups is 1. The van der Waals surface area contributed by atoms with Crippen molar-refractivity contribution in [2.75, 3.05) is 13.1 Å². The Kier molecular flexibility index (Phi) is 10.5. The van der Waals surface area contributed by atoms with Gasteiger partial charge in [-0.05, 0) is 73.6 Å². The first-order valence-corrected chi connectivity index (χ1v) is 11.9. The third kappa shape index (κ3) is 9.76. The number of hydrogen-bond acceptors (Lipinski definition) is 6. The summed E-state index contributed by atoms with van der Waals surface area (Å²) in [7, 11) is 0. The van der Waals surface area contributed by atoms with E-state index in [1.807, 2.05) is 48.5 Å². The van der Waals surface area contributed by atoms with Crippen molar-refractivity contribution in [2.24, 2.45) is 0 Å². The van der Waals surface area contributed by atoms with Gasteiger partial charge in [-0.3, -0.25) is 9.69 Å². The summed E-state index contributed by atoms with van der Waals surface area (Å²) in [6.07, 6.45) is 3.67. The fourth-order valence-electron chi connectivity index (χ4n) is 3.82. The van der Waals surface area contributed by atoms with Crippen molar-refractivity contribution in [1.82, 2.24) is 9.80 Å². The number of ketones is 1. The maximum absolute atomic E-state index is 11.9. The Morgan fingerprint density at radius 3 is 1.81 bits per heavy atom. The van der Waals surface area contributed by atoms with Crippen molar-refractivity contribution in [2.45, 2.75) is 123 Å². The van der Waals surface area contributed by atoms with Gasteiger partial charge in [0, 0.05) is 18.5 Å². The summed E-state index contributed by atoms with van der Waals surface area (Å²) in [5.41, 5.74) is -0.979. The SMILES string of the molecule is CCC1CCC(=O)CN1C(=O)OC(C)(C)C.CCC1CCC(O)CN1C(=O)OC(C)(C)C. The molecule has 0 aromatic carbocycles. The third-order valence-corrected chi connectivity index (χ3v) is 5.42. The van der Waals surface area contributed by atoms with Gasteiger partial charge in [0.15, 0.2) is 5.78 Å². The Morgan fingerprint density at radius 1 is 0.875 bits per heavy atom. The monoisotopic (exact) mass is 456 g/mol. The molecule has 0 aromatic rings. The van der Waals surface area contributed by atoms with Crippen molar-refractivity contribution < 1.29 is 29.0 Å². The second-order valence-corrected chi connectivity index (χ2v) is 10.7. The van der Waals surface area contributed by atoms with Crippen LogP contribution in [0.5, 0.6) is 0 Å². The molecule has 2 aliphatic heterocycles. The van der Waals surface area contributed by atoms with Gasteiger partial charge in [-0.25, -0.2) is 9.59 Å². The molecule has 0 saturated carbocycles. The summed E-state index contributed by atoms with van der Waals surface area (Å²) in [6, 6.07) is 0.353. The zero-order chi connectivity index (χ0) is 24.7. The predicted octanol–water partition coefficient (Wildman–Crippen LogP) is 4.52. The number of carbonyl (C=O) groups is 3. The lowest BCUT2D eigenvalue weighted by Crippen LogP contribution is -2.50. The number of hydrogen-bond donors (Lipinski definition) is 1. The van der Waals surface area contributed by atoms with Crippen molar-refractivity contribution in [3.8, 4) is 0 Å². The Labute approximate surface area is 193 Å². The van der Waals surface area contributed by atoms with Gasteiger partial charge >= 0.3 is 12.2 Å². The topological polar surface area (TPSA) is 96.4 Å². The zero-order valence-corrected chi connectivity index (χ0v) is 21.3. The van der Waals surface area contributed by atoms with Crippen LogP contribution in [0.1, 0.15) is 93.9 Å². The van der Waals surface area contributed by atoms with E-state index in [0.29, 0.717) is 13.0 Å². The van der Waals surface area contributed by atoms with E-state index < -0.39 is 17.3 Å². The smallest absolute Gasteiger partial charge is 0.410 e. The number of rotatable bonds is 2. The van der Waals surface area contributed by atoms with Crippen LogP contribution in [0.3, 0.4) is 0 Å². The van der Waals surface area contributed by atoms with Crippen LogP contribution >= 0.6 is 0 Å². The molecule has 32 heavy (non-hydrogen) atoms. The Morgan fingerprint density at radius 2 is 1.34 bits per heavy atom. The molecule has 2 aliphatic rings. The van der Waals surface area contributed by atoms with Crippen molar-refractivity contribution >= 4 is 18.0 Å². The van der Waals surface area contributed by atoms with E-state index >= 15 is 0 Å². The normalized spacial score (nSPS) is 24.4. The largest absolute Gasteiger partial charge is 0.444 e. The average molecular weight is 457 g/mol. The highest BCUT2D eigenvalue weighted by Gasteiger charge is 2.33. The molecule has 8 heteroatoms. The molecule has 0 spiro atoms. The molecule has 2 heterocycles. The number of aliphatic hydroxyl groups excluding tert-OH is 1. The maximum atomic E-state index is 11.9. The van der Waals surface area contributed by atoms with Crippen LogP contribution < -0.4 is 0 Å². The third-order valence-electron chi connectivity index (χ3n) is 5.42. The first-order chi connectivity index (χ1) is 14.7. The van der Waals surface area contributed by atoms with E-state index in [2.05, 4.69) is 6.92 Å². The van der Waals surface area contributed by atoms with E-state index in [1.54, 1.807) is 9.80 Å². The van der Waals surface area contributed by atoms with Gasteiger partial charge in [0.05, 0.1) is 19.2 Å². The van der Waals surface area contributed by atoms with E-state index in [-0.39, 0.29) is 36.6 Å². The second-order valence-electron chi connectivity index (χ2n) is 10.7. The number of β-amino-alcohol motifs (C(OH)–C–C–N with tert-alkyl or cyclic N) is 1. The average Bonchev–Trinajstić information content (AvgIpc) is 2.65. The van der Waals surface area contributed by atoms with Gasteiger partial charge in [-0.15, -0.1) is 0 Å². The molecule has 2 amide bonds. The molecule has 186 valence electrons. The fourth-order valence-corrected chi connectivity index (χ4v) is 3.82. The maximum Gasteiger partial charge on any atom is 0.410 e. The summed E-state index contributed by atoms with van der Waals surface area (Å²) in [4.78, 5) is 38.4. The summed E-state index contributed by atoms with van der Waals surface area (Å²) < 4.78 is 10.6. The number of piperidine rings is 2. The van der Waals surface area contributed by atoms with E-state index in [4.69, 9.17) is 9.47 Å². The molecule has 2 rings (SSSR count). The molecule has 2 saturated heterocycles. The highest BCUT2D eigenvalue weighted by atomic mass is 16.6. The van der Waals surface area contributed by atoms with Gasteiger partial charge < -0.3 is 19.5 Å². The second kappa shape index (κ2) is 11.9. The molecular weight excluding hydrogens is 412 g/mol. The molecular formula is C24H44N2O6. The number of ether oxygens (including phenoxy) is 2. The highest BCUT2D eigenvalue weighted by molar-refractivity contribution is 5.85. The number of amides is 2. The Balaban J connectivity index is 0.000000320. The van der Waals surface area contributed by atoms with Gasteiger partial charge in [-0.2, -0.15) is 0 Å². The van der Waals surface area contributed by atoms with Crippen LogP contribution in [-0.2, 0) is 14.3 Å². The minimum Gasteiger partial charge on any atom is -0.444 e.